The van der Waals surface area contributed by atoms with Crippen molar-refractivity contribution in [3.05, 3.63) is 0 Å². The van der Waals surface area contributed by atoms with Crippen molar-refractivity contribution in [3.63, 3.8) is 0 Å². The predicted molar refractivity (Wildman–Crippen MR) is 66.9 cm³/mol. The summed E-state index contributed by atoms with van der Waals surface area (Å²) < 4.78 is 5.39. The van der Waals surface area contributed by atoms with E-state index in [0.717, 1.165) is 13.0 Å². The van der Waals surface area contributed by atoms with Gasteiger partial charge in [-0.1, -0.05) is 13.8 Å². The van der Waals surface area contributed by atoms with Gasteiger partial charge in [-0.2, -0.15) is 0 Å². The van der Waals surface area contributed by atoms with Gasteiger partial charge in [0.1, 0.15) is 6.04 Å². The van der Waals surface area contributed by atoms with Crippen LogP contribution < -0.4 is 5.32 Å². The average molecular weight is 254 g/mol. The second-order valence-corrected chi connectivity index (χ2v) is 5.57. The SMILES string of the molecule is CC(C)C1C(=O)NCC(=O)N1C(C)C1CCOC1. The van der Waals surface area contributed by atoms with Gasteiger partial charge in [0, 0.05) is 18.6 Å². The molecule has 0 bridgehead atoms. The predicted octanol–water partition coefficient (Wildman–Crippen LogP) is 0.394. The number of carbonyl (C=O) groups is 2. The van der Waals surface area contributed by atoms with Crippen molar-refractivity contribution in [2.75, 3.05) is 19.8 Å². The van der Waals surface area contributed by atoms with Gasteiger partial charge in [-0.05, 0) is 19.3 Å². The molecule has 0 radical (unpaired) electrons. The second kappa shape index (κ2) is 5.26. The highest BCUT2D eigenvalue weighted by Gasteiger charge is 2.41. The van der Waals surface area contributed by atoms with E-state index in [1.807, 2.05) is 20.8 Å². The highest BCUT2D eigenvalue weighted by atomic mass is 16.5. The monoisotopic (exact) mass is 254 g/mol. The van der Waals surface area contributed by atoms with Crippen molar-refractivity contribution in [2.45, 2.75) is 39.3 Å². The van der Waals surface area contributed by atoms with E-state index < -0.39 is 0 Å². The summed E-state index contributed by atoms with van der Waals surface area (Å²) >= 11 is 0. The molecule has 0 aliphatic carbocycles. The van der Waals surface area contributed by atoms with E-state index in [1.54, 1.807) is 4.90 Å². The molecule has 2 aliphatic heterocycles. The number of rotatable bonds is 3. The zero-order valence-electron chi connectivity index (χ0n) is 11.3. The molecule has 0 spiro atoms. The van der Waals surface area contributed by atoms with Crippen LogP contribution in [0.4, 0.5) is 0 Å². The van der Waals surface area contributed by atoms with Gasteiger partial charge in [0.15, 0.2) is 0 Å². The van der Waals surface area contributed by atoms with Gasteiger partial charge in [-0.15, -0.1) is 0 Å². The molecule has 0 saturated carbocycles. The van der Waals surface area contributed by atoms with Gasteiger partial charge in [-0.25, -0.2) is 0 Å². The van der Waals surface area contributed by atoms with Crippen LogP contribution in [0.5, 0.6) is 0 Å². The lowest BCUT2D eigenvalue weighted by atomic mass is 9.92. The molecule has 18 heavy (non-hydrogen) atoms. The molecule has 2 saturated heterocycles. The summed E-state index contributed by atoms with van der Waals surface area (Å²) in [6.45, 7) is 7.57. The third-order valence-corrected chi connectivity index (χ3v) is 3.99. The van der Waals surface area contributed by atoms with Gasteiger partial charge in [0.05, 0.1) is 13.2 Å². The van der Waals surface area contributed by atoms with Gasteiger partial charge in [0.25, 0.3) is 0 Å². The third kappa shape index (κ3) is 2.36. The first-order chi connectivity index (χ1) is 8.52. The van der Waals surface area contributed by atoms with Crippen LogP contribution in [0.15, 0.2) is 0 Å². The molecule has 102 valence electrons. The third-order valence-electron chi connectivity index (χ3n) is 3.99. The lowest BCUT2D eigenvalue weighted by molar-refractivity contribution is -0.151. The number of nitrogens with one attached hydrogen (secondary N) is 1. The van der Waals surface area contributed by atoms with E-state index >= 15 is 0 Å². The molecule has 2 rings (SSSR count). The lowest BCUT2D eigenvalue weighted by Crippen LogP contribution is -2.63. The molecule has 2 fully saturated rings. The minimum absolute atomic E-state index is 0.0210. The van der Waals surface area contributed by atoms with E-state index in [-0.39, 0.29) is 36.4 Å². The largest absolute Gasteiger partial charge is 0.381 e. The van der Waals surface area contributed by atoms with Crippen molar-refractivity contribution >= 4 is 11.8 Å². The molecule has 5 heteroatoms. The van der Waals surface area contributed by atoms with Crippen molar-refractivity contribution in [3.8, 4) is 0 Å². The zero-order valence-corrected chi connectivity index (χ0v) is 11.3. The Bertz CT molecular complexity index is 337. The Hall–Kier alpha value is -1.10. The first-order valence-corrected chi connectivity index (χ1v) is 6.69. The first kappa shape index (κ1) is 13.3. The Morgan fingerprint density at radius 3 is 2.61 bits per heavy atom. The van der Waals surface area contributed by atoms with Crippen LogP contribution in [-0.2, 0) is 14.3 Å². The maximum atomic E-state index is 12.1. The fourth-order valence-corrected chi connectivity index (χ4v) is 2.90. The molecule has 3 unspecified atom stereocenters. The maximum absolute atomic E-state index is 12.1. The summed E-state index contributed by atoms with van der Waals surface area (Å²) in [6.07, 6.45) is 0.970. The number of hydrogen-bond donors (Lipinski definition) is 1. The highest BCUT2D eigenvalue weighted by Crippen LogP contribution is 2.26. The second-order valence-electron chi connectivity index (χ2n) is 5.57. The van der Waals surface area contributed by atoms with Crippen LogP contribution in [0.2, 0.25) is 0 Å². The standard InChI is InChI=1S/C13H22N2O3/c1-8(2)12-13(17)14-6-11(16)15(12)9(3)10-4-5-18-7-10/h8-10,12H,4-7H2,1-3H3,(H,14,17). The molecule has 2 amide bonds. The smallest absolute Gasteiger partial charge is 0.243 e. The van der Waals surface area contributed by atoms with E-state index in [4.69, 9.17) is 4.74 Å². The van der Waals surface area contributed by atoms with Crippen molar-refractivity contribution < 1.29 is 14.3 Å². The van der Waals surface area contributed by atoms with Crippen molar-refractivity contribution in [1.82, 2.24) is 10.2 Å². The summed E-state index contributed by atoms with van der Waals surface area (Å²) in [5.74, 6) is 0.461. The van der Waals surface area contributed by atoms with Crippen molar-refractivity contribution in [1.29, 1.82) is 0 Å². The fourth-order valence-electron chi connectivity index (χ4n) is 2.90. The molecule has 2 aliphatic rings. The molecule has 5 nitrogen and oxygen atoms in total. The number of hydrogen-bond acceptors (Lipinski definition) is 3. The minimum atomic E-state index is -0.346. The number of nitrogens with zero attached hydrogens (tertiary/aromatic N) is 1. The Balaban J connectivity index is 2.19. The summed E-state index contributed by atoms with van der Waals surface area (Å²) in [5, 5.41) is 2.68. The first-order valence-electron chi connectivity index (χ1n) is 6.69. The van der Waals surface area contributed by atoms with Crippen LogP contribution in [0.3, 0.4) is 0 Å². The summed E-state index contributed by atoms with van der Waals surface area (Å²) in [5.41, 5.74) is 0. The minimum Gasteiger partial charge on any atom is -0.381 e. The number of carbonyl (C=O) groups excluding carboxylic acids is 2. The Morgan fingerprint density at radius 2 is 2.06 bits per heavy atom. The molecule has 3 atom stereocenters. The average Bonchev–Trinajstić information content (AvgIpc) is 2.84. The van der Waals surface area contributed by atoms with Crippen LogP contribution >= 0.6 is 0 Å². The van der Waals surface area contributed by atoms with Gasteiger partial charge in [-0.3, -0.25) is 9.59 Å². The topological polar surface area (TPSA) is 58.6 Å². The maximum Gasteiger partial charge on any atom is 0.243 e. The molecular weight excluding hydrogens is 232 g/mol. The Kier molecular flexibility index (Phi) is 3.90. The summed E-state index contributed by atoms with van der Waals surface area (Å²) in [4.78, 5) is 25.9. The highest BCUT2D eigenvalue weighted by molar-refractivity contribution is 5.95. The van der Waals surface area contributed by atoms with Crippen molar-refractivity contribution in [2.24, 2.45) is 11.8 Å². The van der Waals surface area contributed by atoms with E-state index in [9.17, 15) is 9.59 Å². The summed E-state index contributed by atoms with van der Waals surface area (Å²) in [7, 11) is 0. The Labute approximate surface area is 108 Å². The Morgan fingerprint density at radius 1 is 1.33 bits per heavy atom. The zero-order chi connectivity index (χ0) is 13.3. The van der Waals surface area contributed by atoms with Gasteiger partial charge < -0.3 is 15.0 Å². The molecular formula is C13H22N2O3. The quantitative estimate of drug-likeness (QED) is 0.793. The molecule has 1 N–H and O–H groups in total. The van der Waals surface area contributed by atoms with Gasteiger partial charge >= 0.3 is 0 Å². The van der Waals surface area contributed by atoms with Gasteiger partial charge in [0.2, 0.25) is 11.8 Å². The molecule has 0 aromatic rings. The molecule has 0 aromatic carbocycles. The molecule has 0 aromatic heterocycles. The fraction of sp³-hybridized carbons (Fsp3) is 0.846. The van der Waals surface area contributed by atoms with Crippen LogP contribution in [0, 0.1) is 11.8 Å². The summed E-state index contributed by atoms with van der Waals surface area (Å²) in [6, 6.07) is -0.278. The van der Waals surface area contributed by atoms with Crippen LogP contribution in [-0.4, -0.2) is 48.6 Å². The van der Waals surface area contributed by atoms with Crippen LogP contribution in [0.25, 0.3) is 0 Å². The molecule has 2 heterocycles. The van der Waals surface area contributed by atoms with Crippen LogP contribution in [0.1, 0.15) is 27.2 Å². The van der Waals surface area contributed by atoms with E-state index in [0.29, 0.717) is 12.5 Å². The lowest BCUT2D eigenvalue weighted by Gasteiger charge is -2.42. The van der Waals surface area contributed by atoms with E-state index in [2.05, 4.69) is 5.32 Å². The normalized spacial score (nSPS) is 30.8. The number of amides is 2. The number of ether oxygens (including phenoxy) is 1. The number of piperazine rings is 1. The van der Waals surface area contributed by atoms with E-state index in [1.165, 1.54) is 0 Å².